The zero-order valence-electron chi connectivity index (χ0n) is 56.5. The Morgan fingerprint density at radius 1 is 0.430 bits per heavy atom. The summed E-state index contributed by atoms with van der Waals surface area (Å²) in [6.07, 6.45) is 1.29. The van der Waals surface area contributed by atoms with E-state index in [0.717, 1.165) is 53.5 Å². The molecular weight excluding hydrogens is 1400 g/mol. The minimum absolute atomic E-state index is 0.00476. The van der Waals surface area contributed by atoms with Crippen molar-refractivity contribution >= 4 is 116 Å². The monoisotopic (exact) mass is 1470 g/mol. The minimum atomic E-state index is -1.58. The molecule has 0 radical (unpaired) electrons. The molecule has 0 spiro atoms. The number of carbonyl (C=O) groups excluding carboxylic acids is 3. The molecule has 19 heteroatoms. The molecule has 9 N–H and O–H groups in total. The van der Waals surface area contributed by atoms with E-state index in [1.807, 2.05) is 79.7 Å². The van der Waals surface area contributed by atoms with Crippen LogP contribution in [0.2, 0.25) is 0 Å². The van der Waals surface area contributed by atoms with Crippen molar-refractivity contribution in [3.63, 3.8) is 0 Å². The van der Waals surface area contributed by atoms with Crippen LogP contribution < -0.4 is 34.9 Å². The summed E-state index contributed by atoms with van der Waals surface area (Å²) in [5.41, 5.74) is 6.29. The van der Waals surface area contributed by atoms with Crippen molar-refractivity contribution < 1.29 is 63.7 Å². The van der Waals surface area contributed by atoms with Gasteiger partial charge in [0.15, 0.2) is 5.75 Å². The molecule has 1 aliphatic rings. The standard InChI is InChI=1S/C81H76Br2N4O13/c1-40(2)54-33-48(82)34-55(41(3)4)74(54)85-77(84)72-65-60(78(92)86-75-56(42(5)6)35-49(83)36-57(75)43(7)8)39-62(98-51-19-11-45(12-20-51)26-30-89)67-66-61(97-50-17-9-44(10-18-50)25-29-88)37-58-64-59(80(94)87-79(58)93)38-63(99-52-21-13-46(14-22-52)27-31-90)68(69(64)66)71(70(65)67)76(73(72)81(95)96)100-53-23-15-47(16-24-53)28-32-91/h9-24,33-43,88-91H,25-32H2,1-8H3,(H2,84,85)(H,86,92)(H,95,96)(H,87,93,94). The molecular formula is C81H76Br2N4O13. The molecule has 11 aromatic rings. The molecule has 17 nitrogen and oxygen atoms in total. The molecule has 0 aliphatic carbocycles. The summed E-state index contributed by atoms with van der Waals surface area (Å²) in [5, 5.41) is 73.7. The number of benzene rings is 11. The third-order valence-electron chi connectivity index (χ3n) is 18.3. The fourth-order valence-electron chi connectivity index (χ4n) is 13.5. The average Bonchev–Trinajstić information content (AvgIpc) is 0.673. The van der Waals surface area contributed by atoms with E-state index in [1.54, 1.807) is 97.1 Å². The Morgan fingerprint density at radius 3 is 1.11 bits per heavy atom. The van der Waals surface area contributed by atoms with Gasteiger partial charge in [-0.05, 0) is 185 Å². The Hall–Kier alpha value is -9.73. The van der Waals surface area contributed by atoms with Crippen LogP contribution in [0.1, 0.15) is 171 Å². The number of aliphatic hydroxyl groups excluding tert-OH is 4. The molecule has 0 bridgehead atoms. The fourth-order valence-corrected chi connectivity index (χ4v) is 14.5. The van der Waals surface area contributed by atoms with Crippen molar-refractivity contribution in [2.24, 2.45) is 0 Å². The molecule has 11 aromatic carbocycles. The van der Waals surface area contributed by atoms with Crippen molar-refractivity contribution in [1.82, 2.24) is 5.32 Å². The highest BCUT2D eigenvalue weighted by Crippen LogP contribution is 2.58. The first kappa shape index (κ1) is 70.1. The molecule has 0 unspecified atom stereocenters. The van der Waals surface area contributed by atoms with Gasteiger partial charge in [-0.1, -0.05) is 136 Å². The van der Waals surface area contributed by atoms with Gasteiger partial charge in [-0.15, -0.1) is 0 Å². The number of hydrogen-bond donors (Lipinski definition) is 9. The molecule has 100 heavy (non-hydrogen) atoms. The van der Waals surface area contributed by atoms with Gasteiger partial charge in [-0.25, -0.2) is 4.79 Å². The first-order valence-electron chi connectivity index (χ1n) is 33.3. The summed E-state index contributed by atoms with van der Waals surface area (Å²) in [5.74, 6) is -4.36. The first-order valence-corrected chi connectivity index (χ1v) is 34.9. The number of aliphatic hydroxyl groups is 4. The maximum atomic E-state index is 16.9. The van der Waals surface area contributed by atoms with E-state index in [1.165, 1.54) is 18.2 Å². The molecule has 1 aliphatic heterocycles. The van der Waals surface area contributed by atoms with Crippen molar-refractivity contribution in [2.45, 2.75) is 105 Å². The maximum absolute atomic E-state index is 16.9. The molecule has 0 fully saturated rings. The van der Waals surface area contributed by atoms with E-state index >= 15 is 9.59 Å². The molecule has 1 heterocycles. The van der Waals surface area contributed by atoms with Crippen LogP contribution >= 0.6 is 31.9 Å². The van der Waals surface area contributed by atoms with Crippen molar-refractivity contribution in [2.75, 3.05) is 37.1 Å². The maximum Gasteiger partial charge on any atom is 0.340 e. The Balaban J connectivity index is 1.37. The van der Waals surface area contributed by atoms with E-state index in [-0.39, 0.29) is 168 Å². The van der Waals surface area contributed by atoms with Crippen LogP contribution in [0.4, 0.5) is 11.4 Å². The number of ether oxygens (including phenoxy) is 4. The van der Waals surface area contributed by atoms with E-state index in [4.69, 9.17) is 18.9 Å². The predicted octanol–water partition coefficient (Wildman–Crippen LogP) is 18.3. The lowest BCUT2D eigenvalue weighted by Crippen LogP contribution is -2.34. The number of hydrogen-bond acceptors (Lipinski definition) is 13. The number of carboxylic acids is 1. The van der Waals surface area contributed by atoms with Crippen molar-refractivity contribution in [3.8, 4) is 46.0 Å². The summed E-state index contributed by atoms with van der Waals surface area (Å²) in [6.45, 7) is 15.6. The van der Waals surface area contributed by atoms with Crippen molar-refractivity contribution in [1.29, 1.82) is 5.41 Å². The average molecular weight is 1470 g/mol. The molecule has 0 atom stereocenters. The molecule has 0 aromatic heterocycles. The second-order valence-corrected chi connectivity index (χ2v) is 28.1. The molecule has 12 rings (SSSR count). The molecule has 0 saturated carbocycles. The summed E-state index contributed by atoms with van der Waals surface area (Å²) in [4.78, 5) is 62.1. The summed E-state index contributed by atoms with van der Waals surface area (Å²) < 4.78 is 30.4. The van der Waals surface area contributed by atoms with Gasteiger partial charge < -0.3 is 55.1 Å². The van der Waals surface area contributed by atoms with Gasteiger partial charge in [0.05, 0.1) is 16.7 Å². The molecule has 0 saturated heterocycles. The Labute approximate surface area is 595 Å². The normalized spacial score (nSPS) is 12.3. The number of halogens is 2. The molecule has 3 amide bonds. The fraction of sp³-hybridized carbons (Fsp3) is 0.247. The van der Waals surface area contributed by atoms with E-state index in [2.05, 4.69) is 47.8 Å². The van der Waals surface area contributed by atoms with Crippen LogP contribution in [-0.4, -0.2) is 81.5 Å². The van der Waals surface area contributed by atoms with E-state index < -0.39 is 35.1 Å². The van der Waals surface area contributed by atoms with Gasteiger partial charge in [0.1, 0.15) is 51.6 Å². The van der Waals surface area contributed by atoms with Gasteiger partial charge in [-0.2, -0.15) is 0 Å². The summed E-state index contributed by atoms with van der Waals surface area (Å²) in [7, 11) is 0. The van der Waals surface area contributed by atoms with Crippen molar-refractivity contribution in [3.05, 3.63) is 221 Å². The predicted molar refractivity (Wildman–Crippen MR) is 399 cm³/mol. The number of imide groups is 1. The first-order chi connectivity index (χ1) is 48.0. The number of nitrogens with one attached hydrogen (secondary N) is 4. The summed E-state index contributed by atoms with van der Waals surface area (Å²) >= 11 is 7.50. The van der Waals surface area contributed by atoms with Gasteiger partial charge in [-0.3, -0.25) is 25.1 Å². The Kier molecular flexibility index (Phi) is 20.5. The number of fused-ring (bicyclic) bond motifs is 2. The van der Waals surface area contributed by atoms with Crippen LogP contribution in [0.5, 0.6) is 46.0 Å². The van der Waals surface area contributed by atoms with Gasteiger partial charge in [0.2, 0.25) is 0 Å². The van der Waals surface area contributed by atoms with Crippen LogP contribution in [0, 0.1) is 5.41 Å². The lowest BCUT2D eigenvalue weighted by atomic mass is 9.80. The lowest BCUT2D eigenvalue weighted by molar-refractivity contribution is 0.0692. The number of anilines is 2. The molecule has 512 valence electrons. The topological polar surface area (TPSA) is 266 Å². The lowest BCUT2D eigenvalue weighted by Gasteiger charge is -2.29. The summed E-state index contributed by atoms with van der Waals surface area (Å²) in [6, 6.07) is 40.1. The van der Waals surface area contributed by atoms with E-state index in [9.17, 15) is 40.5 Å². The zero-order valence-corrected chi connectivity index (χ0v) is 59.7. The Morgan fingerprint density at radius 2 is 0.760 bits per heavy atom. The second kappa shape index (κ2) is 29.2. The number of carboxylic acid groups (broad SMARTS) is 1. The number of amides is 3. The highest BCUT2D eigenvalue weighted by Gasteiger charge is 2.39. The third-order valence-corrected chi connectivity index (χ3v) is 19.2. The van der Waals surface area contributed by atoms with E-state index in [0.29, 0.717) is 30.6 Å². The zero-order chi connectivity index (χ0) is 71.1. The smallest absolute Gasteiger partial charge is 0.340 e. The van der Waals surface area contributed by atoms with Gasteiger partial charge in [0.25, 0.3) is 17.7 Å². The van der Waals surface area contributed by atoms with Crippen LogP contribution in [0.15, 0.2) is 148 Å². The highest BCUT2D eigenvalue weighted by atomic mass is 79.9. The second-order valence-electron chi connectivity index (χ2n) is 26.3. The van der Waals surface area contributed by atoms with Crippen LogP contribution in [0.3, 0.4) is 0 Å². The number of aromatic carboxylic acids is 1. The van der Waals surface area contributed by atoms with Crippen LogP contribution in [-0.2, 0) is 25.7 Å². The quantitative estimate of drug-likeness (QED) is 0.00847. The number of carbonyl (C=O) groups is 4. The largest absolute Gasteiger partial charge is 0.478 e. The SMILES string of the molecule is CC(C)c1cc(Br)cc(C(C)C)c1NC(=N)c1c(C(=O)O)c(Oc2ccc(CCO)cc2)c2c3c(Oc4ccc(CCO)cc4)cc4c5c(cc(Oc6ccc(CCO)cc6)c(c6c(Oc7ccc(CCO)cc7)cc(C(=O)Nc7c(C(C)C)cc(Br)cc7C(C)C)c1c62)c53)C(=O)NC4=O. The number of rotatable bonds is 25. The minimum Gasteiger partial charge on any atom is -0.478 e. The number of amidine groups is 1. The highest BCUT2D eigenvalue weighted by molar-refractivity contribution is 9.10. The third kappa shape index (κ3) is 13.6. The Bertz CT molecular complexity index is 4970. The van der Waals surface area contributed by atoms with Gasteiger partial charge in [0, 0.05) is 95.4 Å². The van der Waals surface area contributed by atoms with Gasteiger partial charge >= 0.3 is 5.97 Å². The van der Waals surface area contributed by atoms with Crippen LogP contribution in [0.25, 0.3) is 43.1 Å².